The molecule has 0 amide bonds. The minimum absolute atomic E-state index is 0.00476. The average Bonchev–Trinajstić information content (AvgIpc) is 2.97. The van der Waals surface area contributed by atoms with Crippen LogP contribution in [0.3, 0.4) is 0 Å². The fourth-order valence-electron chi connectivity index (χ4n) is 4.35. The molecule has 14 nitrogen and oxygen atoms in total. The Hall–Kier alpha value is -3.07. The molecule has 2 saturated heterocycles. The van der Waals surface area contributed by atoms with Crippen LogP contribution in [-0.2, 0) is 66.6 Å². The van der Waals surface area contributed by atoms with Crippen molar-refractivity contribution >= 4 is 29.8 Å². The largest absolute Gasteiger partial charge is 0.457 e. The smallest absolute Gasteiger partial charge is 0.311 e. The van der Waals surface area contributed by atoms with Crippen LogP contribution in [0, 0.1) is 27.1 Å². The van der Waals surface area contributed by atoms with E-state index in [9.17, 15) is 24.0 Å². The normalized spacial score (nSPS) is 27.5. The number of ether oxygens (including phenoxy) is 9. The van der Waals surface area contributed by atoms with Gasteiger partial charge in [-0.1, -0.05) is 6.08 Å². The summed E-state index contributed by atoms with van der Waals surface area (Å²) in [6.07, 6.45) is -9.33. The van der Waals surface area contributed by atoms with Gasteiger partial charge in [0, 0.05) is 0 Å². The minimum atomic E-state index is -1.54. The van der Waals surface area contributed by atoms with Gasteiger partial charge in [0.2, 0.25) is 0 Å². The van der Waals surface area contributed by atoms with Crippen LogP contribution in [-0.4, -0.2) is 98.9 Å². The molecule has 0 N–H and O–H groups in total. The summed E-state index contributed by atoms with van der Waals surface area (Å²) in [6.45, 7) is 27.9. The first-order valence-electron chi connectivity index (χ1n) is 17.6. The highest BCUT2D eigenvalue weighted by molar-refractivity contribution is 5.78. The molecule has 14 heteroatoms. The third-order valence-corrected chi connectivity index (χ3v) is 7.74. The van der Waals surface area contributed by atoms with Gasteiger partial charge in [-0.2, -0.15) is 0 Å². The molecule has 2 aliphatic heterocycles. The Morgan fingerprint density at radius 2 is 0.808 bits per heavy atom. The van der Waals surface area contributed by atoms with Gasteiger partial charge in [-0.05, 0) is 104 Å². The monoisotopic (exact) mass is 742 g/mol. The zero-order valence-electron chi connectivity index (χ0n) is 33.7. The third kappa shape index (κ3) is 12.5. The summed E-state index contributed by atoms with van der Waals surface area (Å²) in [7, 11) is 0. The lowest BCUT2D eigenvalue weighted by Crippen LogP contribution is -2.64. The van der Waals surface area contributed by atoms with Crippen LogP contribution >= 0.6 is 0 Å². The predicted molar refractivity (Wildman–Crippen MR) is 187 cm³/mol. The van der Waals surface area contributed by atoms with E-state index < -0.39 is 106 Å². The Balaban J connectivity index is 2.77. The SMILES string of the molecule is C=CCO[C@H]1OC[C@@H](OC(=O)C(C)(C)C)[C@H](O[C@@H]2OC[C@@H](OC(=O)C(C)(C)C)[C@H](OC(=O)C(C)(C)C)[C@H]2OC(=O)C(C)(C)C)[C@H]1OC(=O)C(C)(C)C. The molecule has 52 heavy (non-hydrogen) atoms. The van der Waals surface area contributed by atoms with Crippen molar-refractivity contribution in [1.29, 1.82) is 0 Å². The molecule has 0 aromatic heterocycles. The van der Waals surface area contributed by atoms with Gasteiger partial charge in [0.15, 0.2) is 43.1 Å². The summed E-state index contributed by atoms with van der Waals surface area (Å²) in [4.78, 5) is 66.7. The quantitative estimate of drug-likeness (QED) is 0.165. The number of carbonyl (C=O) groups excluding carboxylic acids is 5. The third-order valence-electron chi connectivity index (χ3n) is 7.74. The molecule has 298 valence electrons. The van der Waals surface area contributed by atoms with Crippen molar-refractivity contribution in [1.82, 2.24) is 0 Å². The highest BCUT2D eigenvalue weighted by Gasteiger charge is 2.55. The van der Waals surface area contributed by atoms with E-state index in [1.165, 1.54) is 6.08 Å². The Bertz CT molecular complexity index is 1290. The number of carbonyl (C=O) groups is 5. The van der Waals surface area contributed by atoms with E-state index in [1.54, 1.807) is 104 Å². The number of hydrogen-bond acceptors (Lipinski definition) is 14. The summed E-state index contributed by atoms with van der Waals surface area (Å²) in [5.74, 6) is -3.25. The zero-order chi connectivity index (χ0) is 40.2. The maximum Gasteiger partial charge on any atom is 0.311 e. The molecule has 2 heterocycles. The molecule has 2 aliphatic rings. The summed E-state index contributed by atoms with van der Waals surface area (Å²) >= 11 is 0. The maximum absolute atomic E-state index is 13.5. The average molecular weight is 743 g/mol. The van der Waals surface area contributed by atoms with Crippen LogP contribution in [0.1, 0.15) is 104 Å². The van der Waals surface area contributed by atoms with Crippen LogP contribution in [0.4, 0.5) is 0 Å². The molecular weight excluding hydrogens is 680 g/mol. The topological polar surface area (TPSA) is 168 Å². The fraction of sp³-hybridized carbons (Fsp3) is 0.816. The predicted octanol–water partition coefficient (Wildman–Crippen LogP) is 5.08. The van der Waals surface area contributed by atoms with Crippen LogP contribution in [0.25, 0.3) is 0 Å². The summed E-state index contributed by atoms with van der Waals surface area (Å²) in [5, 5.41) is 0. The van der Waals surface area contributed by atoms with Gasteiger partial charge in [0.25, 0.3) is 0 Å². The highest BCUT2D eigenvalue weighted by atomic mass is 16.8. The van der Waals surface area contributed by atoms with Crippen molar-refractivity contribution in [2.45, 2.75) is 153 Å². The maximum atomic E-state index is 13.5. The van der Waals surface area contributed by atoms with Crippen LogP contribution < -0.4 is 0 Å². The molecule has 2 fully saturated rings. The van der Waals surface area contributed by atoms with Crippen molar-refractivity contribution < 1.29 is 66.6 Å². The Kier molecular flexibility index (Phi) is 14.7. The number of rotatable bonds is 10. The standard InChI is InChI=1S/C38H62O14/c1-17-18-44-27-25(51-32(42)37(11,12)13)23(21(19-45-27)47-29(39)34(2,3)4)49-28-26(52-33(43)38(14,15)16)24(50-31(41)36(8,9)10)22(20-46-28)48-30(40)35(5,6)7/h17,21-28H,1,18-20H2,2-16H3/t21-,22-,23+,24+,25-,26-,27+,28+/m1/s1. The summed E-state index contributed by atoms with van der Waals surface area (Å²) in [5.41, 5.74) is -4.93. The van der Waals surface area contributed by atoms with Crippen molar-refractivity contribution in [2.24, 2.45) is 27.1 Å². The fourth-order valence-corrected chi connectivity index (χ4v) is 4.35. The summed E-state index contributed by atoms with van der Waals surface area (Å²) < 4.78 is 54.2. The van der Waals surface area contributed by atoms with Crippen LogP contribution in [0.5, 0.6) is 0 Å². The van der Waals surface area contributed by atoms with E-state index in [0.717, 1.165) is 0 Å². The van der Waals surface area contributed by atoms with Crippen molar-refractivity contribution in [2.75, 3.05) is 19.8 Å². The molecule has 0 aromatic rings. The lowest BCUT2D eigenvalue weighted by molar-refractivity contribution is -0.339. The van der Waals surface area contributed by atoms with Crippen LogP contribution in [0.15, 0.2) is 12.7 Å². The molecule has 0 spiro atoms. The van der Waals surface area contributed by atoms with E-state index in [4.69, 9.17) is 42.6 Å². The molecule has 0 unspecified atom stereocenters. The Labute approximate surface area is 308 Å². The Morgan fingerprint density at radius 3 is 1.17 bits per heavy atom. The Morgan fingerprint density at radius 1 is 0.500 bits per heavy atom. The highest BCUT2D eigenvalue weighted by Crippen LogP contribution is 2.35. The second-order valence-corrected chi connectivity index (χ2v) is 18.4. The molecule has 8 atom stereocenters. The van der Waals surface area contributed by atoms with Gasteiger partial charge in [0.05, 0.1) is 46.9 Å². The molecule has 0 aromatic carbocycles. The van der Waals surface area contributed by atoms with Gasteiger partial charge in [-0.3, -0.25) is 24.0 Å². The van der Waals surface area contributed by atoms with Crippen molar-refractivity contribution in [3.8, 4) is 0 Å². The van der Waals surface area contributed by atoms with Gasteiger partial charge in [-0.25, -0.2) is 0 Å². The number of hydrogen-bond donors (Lipinski definition) is 0. The second kappa shape index (κ2) is 16.9. The summed E-state index contributed by atoms with van der Waals surface area (Å²) in [6, 6.07) is 0. The van der Waals surface area contributed by atoms with Gasteiger partial charge in [0.1, 0.15) is 6.10 Å². The second-order valence-electron chi connectivity index (χ2n) is 18.4. The molecule has 0 saturated carbocycles. The first-order chi connectivity index (χ1) is 23.5. The molecule has 0 radical (unpaired) electrons. The first kappa shape index (κ1) is 45.1. The molecule has 0 bridgehead atoms. The minimum Gasteiger partial charge on any atom is -0.457 e. The first-order valence-corrected chi connectivity index (χ1v) is 17.6. The van der Waals surface area contributed by atoms with E-state index in [-0.39, 0.29) is 19.8 Å². The van der Waals surface area contributed by atoms with Crippen LogP contribution in [0.2, 0.25) is 0 Å². The zero-order valence-corrected chi connectivity index (χ0v) is 33.7. The van der Waals surface area contributed by atoms with E-state index >= 15 is 0 Å². The lowest BCUT2D eigenvalue weighted by atomic mass is 9.94. The van der Waals surface area contributed by atoms with E-state index in [0.29, 0.717) is 0 Å². The lowest BCUT2D eigenvalue weighted by Gasteiger charge is -2.46. The van der Waals surface area contributed by atoms with Crippen molar-refractivity contribution in [3.05, 3.63) is 12.7 Å². The van der Waals surface area contributed by atoms with Gasteiger partial charge >= 0.3 is 29.8 Å². The number of esters is 5. The van der Waals surface area contributed by atoms with Crippen molar-refractivity contribution in [3.63, 3.8) is 0 Å². The molecular formula is C38H62O14. The van der Waals surface area contributed by atoms with E-state index in [1.807, 2.05) is 0 Å². The van der Waals surface area contributed by atoms with Gasteiger partial charge in [-0.15, -0.1) is 6.58 Å². The molecule has 2 rings (SSSR count). The van der Waals surface area contributed by atoms with E-state index in [2.05, 4.69) is 6.58 Å². The molecule has 0 aliphatic carbocycles. The van der Waals surface area contributed by atoms with Gasteiger partial charge < -0.3 is 42.6 Å².